The van der Waals surface area contributed by atoms with Crippen LogP contribution < -0.4 is 92.2 Å². The van der Waals surface area contributed by atoms with Crippen LogP contribution in [-0.2, 0) is 87.9 Å². The number of carbonyl (C=O) groups is 19. The van der Waals surface area contributed by atoms with Gasteiger partial charge in [0.15, 0.2) is 5.43 Å². The maximum Gasteiger partial charge on any atom is 0.324 e. The Bertz CT molecular complexity index is 5280. The molecule has 12 atom stereocenters. The number of aromatic amines is 1. The summed E-state index contributed by atoms with van der Waals surface area (Å²) in [6.45, 7) is 8.50. The minimum Gasteiger partial charge on any atom is -0.508 e. The zero-order valence-corrected chi connectivity index (χ0v) is 74.3. The van der Waals surface area contributed by atoms with Gasteiger partial charge < -0.3 is 121 Å². The second kappa shape index (κ2) is 49.4. The fourth-order valence-corrected chi connectivity index (χ4v) is 14.7. The molecule has 132 heavy (non-hydrogen) atoms. The zero-order chi connectivity index (χ0) is 97.7. The molecule has 0 saturated carbocycles. The van der Waals surface area contributed by atoms with Crippen LogP contribution in [0.25, 0.3) is 44.3 Å². The number of primary amides is 3. The Labute approximate surface area is 757 Å². The highest BCUT2D eigenvalue weighted by atomic mass is 16.4. The molecule has 3 aromatic carbocycles. The average Bonchev–Trinajstić information content (AvgIpc) is 1.04. The van der Waals surface area contributed by atoms with Crippen molar-refractivity contribution in [2.75, 3.05) is 39.3 Å². The van der Waals surface area contributed by atoms with Crippen molar-refractivity contribution in [3.8, 4) is 28.2 Å². The molecule has 0 spiro atoms. The number of aliphatic hydroxyl groups excluding tert-OH is 1. The summed E-state index contributed by atoms with van der Waals surface area (Å²) in [6.07, 6.45) is -3.88. The molecule has 1 fully saturated rings. The smallest absolute Gasteiger partial charge is 0.324 e. The largest absolute Gasteiger partial charge is 0.508 e. The van der Waals surface area contributed by atoms with E-state index in [4.69, 9.17) is 27.4 Å². The number of carboxylic acids is 2. The summed E-state index contributed by atoms with van der Waals surface area (Å²) >= 11 is 0. The highest BCUT2D eigenvalue weighted by Crippen LogP contribution is 2.42. The van der Waals surface area contributed by atoms with Crippen LogP contribution in [0.3, 0.4) is 0 Å². The fraction of sp³-hybridized carbons (Fsp3) is 0.477. The molecule has 7 rings (SSSR count). The second-order valence-electron chi connectivity index (χ2n) is 33.5. The zero-order valence-electron chi connectivity index (χ0n) is 74.3. The maximum absolute atomic E-state index is 15.7. The van der Waals surface area contributed by atoms with Crippen LogP contribution in [0.5, 0.6) is 5.75 Å². The lowest BCUT2D eigenvalue weighted by atomic mass is 9.90. The summed E-state index contributed by atoms with van der Waals surface area (Å²) in [7, 11) is 0. The number of urea groups is 1. The third-order valence-corrected chi connectivity index (χ3v) is 21.6. The van der Waals surface area contributed by atoms with Crippen LogP contribution in [0.4, 0.5) is 4.79 Å². The molecule has 1 aliphatic carbocycles. The molecular weight excluding hydrogens is 1720 g/mol. The minimum atomic E-state index is -2.14. The number of phenols is 1. The van der Waals surface area contributed by atoms with Crippen LogP contribution in [0.1, 0.15) is 148 Å². The van der Waals surface area contributed by atoms with E-state index in [0.29, 0.717) is 21.4 Å². The van der Waals surface area contributed by atoms with Gasteiger partial charge in [0, 0.05) is 70.8 Å². The summed E-state index contributed by atoms with van der Waals surface area (Å²) in [5.41, 5.74) is 23.5. The van der Waals surface area contributed by atoms with Crippen molar-refractivity contribution in [2.45, 2.75) is 205 Å². The summed E-state index contributed by atoms with van der Waals surface area (Å²) in [6, 6.07) is -1.39. The van der Waals surface area contributed by atoms with Crippen molar-refractivity contribution in [3.05, 3.63) is 112 Å². The first-order valence-corrected chi connectivity index (χ1v) is 43.1. The molecule has 714 valence electrons. The van der Waals surface area contributed by atoms with Gasteiger partial charge in [0.25, 0.3) is 5.91 Å². The maximum atomic E-state index is 15.7. The fourth-order valence-electron chi connectivity index (χ4n) is 14.7. The Morgan fingerprint density at radius 3 is 1.58 bits per heavy atom. The number of hydrogen-bond acceptors (Lipinski definition) is 24. The molecule has 3 heterocycles. The van der Waals surface area contributed by atoms with E-state index in [1.165, 1.54) is 87.6 Å². The van der Waals surface area contributed by atoms with Crippen molar-refractivity contribution in [3.63, 3.8) is 0 Å². The molecule has 18 amide bonds. The van der Waals surface area contributed by atoms with Gasteiger partial charge >= 0.3 is 18.0 Å². The van der Waals surface area contributed by atoms with Crippen LogP contribution in [-0.4, -0.2) is 253 Å². The van der Waals surface area contributed by atoms with Crippen LogP contribution in [0.15, 0.2) is 100 Å². The first kappa shape index (κ1) is 105. The molecule has 1 aromatic heterocycles. The van der Waals surface area contributed by atoms with Crippen molar-refractivity contribution in [2.24, 2.45) is 46.6 Å². The molecule has 2 aliphatic heterocycles. The topological polar surface area (TPSA) is 706 Å². The van der Waals surface area contributed by atoms with E-state index in [9.17, 15) is 97.1 Å². The van der Waals surface area contributed by atoms with Crippen LogP contribution in [0, 0.1) is 23.7 Å². The predicted molar refractivity (Wildman–Crippen MR) is 474 cm³/mol. The first-order valence-electron chi connectivity index (χ1n) is 43.1. The van der Waals surface area contributed by atoms with Crippen LogP contribution >= 0.6 is 0 Å². The van der Waals surface area contributed by atoms with E-state index >= 15 is 19.2 Å². The number of imide groups is 1. The third kappa shape index (κ3) is 30.3. The van der Waals surface area contributed by atoms with Crippen molar-refractivity contribution in [1.82, 2.24) is 78.6 Å². The normalized spacial score (nSPS) is 21.9. The van der Waals surface area contributed by atoms with Gasteiger partial charge in [-0.05, 0) is 123 Å². The second-order valence-corrected chi connectivity index (χ2v) is 33.5. The number of carbonyl (C=O) groups excluding carboxylic acids is 17. The van der Waals surface area contributed by atoms with E-state index < -0.39 is 266 Å². The molecule has 3 aliphatic rings. The quantitative estimate of drug-likeness (QED) is 0.0210. The molecule has 44 heteroatoms. The SMILES string of the molecule is CC[C@H](C)[C@@H]1NC(=O)[C@H](CCCCN)NC(=O)[C@H](CC(C)C)NC(=O)[C@H](CO)NC(=O)[C@H](CC(N)=O)NC(=O)[C@H](Cc2c[nH]c3ccccc23)NC(=O)CN(C(=O)c2ccccc2-c2c3ccc(=O)cc-3oc3cc(O)ccc23)C(=O)NCCCCN(CC(N)=O)C(=O)[C@H](C(C)C)NC(=O)[C@H](CC(=O)O)NC(=O)[C@H](CC(C)C)NC(=O)[C@H](CC(N)=O)NC(=O)[C@H](CC(=O)O)NC1=O. The Morgan fingerprint density at radius 1 is 0.515 bits per heavy atom. The monoisotopic (exact) mass is 1840 g/mol. The van der Waals surface area contributed by atoms with Gasteiger partial charge in [-0.25, -0.2) is 4.79 Å². The number of aromatic hydroxyl groups is 1. The van der Waals surface area contributed by atoms with Gasteiger partial charge in [-0.2, -0.15) is 0 Å². The van der Waals surface area contributed by atoms with Crippen molar-refractivity contribution >= 4 is 134 Å². The number of aliphatic carboxylic acids is 2. The molecule has 4 aromatic rings. The van der Waals surface area contributed by atoms with Crippen LogP contribution in [0.2, 0.25) is 0 Å². The number of unbranched alkanes of at least 4 members (excludes halogenated alkanes) is 1. The Balaban J connectivity index is 1.33. The van der Waals surface area contributed by atoms with E-state index in [-0.39, 0.29) is 109 Å². The van der Waals surface area contributed by atoms with Gasteiger partial charge in [-0.1, -0.05) is 98.2 Å². The number of para-hydroxylation sites is 1. The number of benzene rings is 4. The predicted octanol–water partition coefficient (Wildman–Crippen LogP) is -1.80. The number of aromatic nitrogens is 1. The van der Waals surface area contributed by atoms with E-state index in [0.717, 1.165) is 4.90 Å². The average molecular weight is 1840 g/mol. The molecule has 1 saturated heterocycles. The number of phenolic OH excluding ortho intramolecular Hbond substituents is 1. The number of carboxylic acid groups (broad SMARTS) is 2. The van der Waals surface area contributed by atoms with Gasteiger partial charge in [0.2, 0.25) is 88.6 Å². The number of nitrogens with one attached hydrogen (secondary N) is 13. The standard InChI is InChI=1S/C88H117N19O25/c1-9-46(8)75-85(128)102-62(37-71(115)116)82(125)100-60(35-67(90)111)80(123)97-58(31-44(4)5)78(121)101-63(38-72(117)118)83(126)104-74(45(6)7)87(130)106(40-69(92)113)29-17-16-28-93-88(131)107(86(129)52-20-11-10-19-51(52)73-53-25-23-48(109)33-65(53)132-66-34-49(110)24-26-54(66)73)41-70(114)95-59(32-47-39-94-55-21-13-12-18-50(47)55)79(122)99-61(36-68(91)112)81(124)103-64(42-108)84(127)98-57(30-43(2)3)77(120)96-56(76(119)105-75)22-14-15-27-89/h10-13,18-21,23-26,33-34,39,43-46,56-64,74-75,94,108-109H,9,14-17,22,27-32,35-38,40-42,89H2,1-8H3,(H2,90,111)(H2,91,112)(H2,92,113)(H,93,131)(H,95,114)(H,96,120)(H,97,123)(H,98,127)(H,99,122)(H,100,125)(H,101,121)(H,102,128)(H,103,124)(H,104,126)(H,105,119)(H,115,116)(H,117,118)/t46-,56-,57-,58-,59-,60-,61-,62-,63-,64-,74-,75-/m0/s1. The summed E-state index contributed by atoms with van der Waals surface area (Å²) < 4.78 is 6.08. The van der Waals surface area contributed by atoms with Gasteiger partial charge in [-0.3, -0.25) is 96.0 Å². The molecule has 44 nitrogen and oxygen atoms in total. The van der Waals surface area contributed by atoms with Crippen molar-refractivity contribution < 1.29 is 116 Å². The first-order chi connectivity index (χ1) is 62.4. The Kier molecular flexibility index (Phi) is 39.1. The molecule has 25 N–H and O–H groups in total. The summed E-state index contributed by atoms with van der Waals surface area (Å²) in [5, 5.41) is 71.5. The third-order valence-electron chi connectivity index (χ3n) is 21.6. The number of nitrogens with zero attached hydrogens (tertiary/aromatic N) is 2. The number of nitrogens with two attached hydrogens (primary N) is 4. The summed E-state index contributed by atoms with van der Waals surface area (Å²) in [5.74, 6) is -25.8. The number of fused-ring (bicyclic) bond motifs is 3. The van der Waals surface area contributed by atoms with Gasteiger partial charge in [0.05, 0.1) is 38.8 Å². The summed E-state index contributed by atoms with van der Waals surface area (Å²) in [4.78, 5) is 288. The number of rotatable bonds is 26. The Hall–Kier alpha value is -14.5. The molecule has 0 unspecified atom stereocenters. The van der Waals surface area contributed by atoms with Gasteiger partial charge in [-0.15, -0.1) is 0 Å². The molecular formula is C88H117N19O25. The van der Waals surface area contributed by atoms with E-state index in [2.05, 4.69) is 68.8 Å². The van der Waals surface area contributed by atoms with Gasteiger partial charge in [0.1, 0.15) is 90.1 Å². The minimum absolute atomic E-state index is 0.00269. The number of hydrogen-bond donors (Lipinski definition) is 21. The molecule has 0 bridgehead atoms. The molecule has 0 radical (unpaired) electrons. The highest BCUT2D eigenvalue weighted by molar-refractivity contribution is 6.14. The lowest BCUT2D eigenvalue weighted by Gasteiger charge is -2.31. The number of aliphatic hydroxyl groups is 1. The van der Waals surface area contributed by atoms with E-state index in [1.54, 1.807) is 58.9 Å². The number of amides is 18. The highest BCUT2D eigenvalue weighted by Gasteiger charge is 2.42. The lowest BCUT2D eigenvalue weighted by Crippen LogP contribution is -2.62. The number of H-pyrrole nitrogens is 1. The lowest BCUT2D eigenvalue weighted by molar-refractivity contribution is -0.143. The van der Waals surface area contributed by atoms with Crippen molar-refractivity contribution in [1.29, 1.82) is 0 Å². The van der Waals surface area contributed by atoms with E-state index in [1.807, 2.05) is 0 Å². The Morgan fingerprint density at radius 2 is 1.02 bits per heavy atom.